The molecule has 1 unspecified atom stereocenters. The van der Waals surface area contributed by atoms with Crippen molar-refractivity contribution in [3.8, 4) is 0 Å². The van der Waals surface area contributed by atoms with Crippen molar-refractivity contribution in [1.29, 1.82) is 0 Å². The molecule has 2 aliphatic rings. The third kappa shape index (κ3) is 0.642. The fourth-order valence-corrected chi connectivity index (χ4v) is 1.28. The van der Waals surface area contributed by atoms with E-state index in [1.807, 2.05) is 0 Å². The molecular formula is C5H10ClNO. The third-order valence-corrected chi connectivity index (χ3v) is 2.02. The maximum atomic E-state index is 5.59. The Hall–Kier alpha value is 0.210. The Balaban J connectivity index is 0.000000320. The van der Waals surface area contributed by atoms with Crippen molar-refractivity contribution in [3.05, 3.63) is 0 Å². The highest BCUT2D eigenvalue weighted by atomic mass is 35.5. The molecule has 1 heterocycles. The molecule has 8 heavy (non-hydrogen) atoms. The number of rotatable bonds is 0. The van der Waals surface area contributed by atoms with Gasteiger partial charge < -0.3 is 10.5 Å². The second-order valence-electron chi connectivity index (χ2n) is 2.44. The molecule has 48 valence electrons. The van der Waals surface area contributed by atoms with Crippen LogP contribution in [0.25, 0.3) is 0 Å². The molecule has 1 aliphatic carbocycles. The molecule has 1 saturated heterocycles. The van der Waals surface area contributed by atoms with Gasteiger partial charge in [0.05, 0.1) is 13.2 Å². The van der Waals surface area contributed by atoms with Gasteiger partial charge in [-0.3, -0.25) is 0 Å². The first-order chi connectivity index (χ1) is 3.39. The lowest BCUT2D eigenvalue weighted by atomic mass is 10.4. The first-order valence-electron chi connectivity index (χ1n) is 2.73. The van der Waals surface area contributed by atoms with Gasteiger partial charge in [-0.1, -0.05) is 0 Å². The standard InChI is InChI=1S/C5H9NO.ClH/c6-5-3-1-7-2-4(3)5;/h3-5H,1-2,6H2;1H/t3-,4+,5?;. The Morgan fingerprint density at radius 1 is 1.25 bits per heavy atom. The van der Waals surface area contributed by atoms with Crippen LogP contribution < -0.4 is 5.73 Å². The molecule has 0 spiro atoms. The predicted octanol–water partition coefficient (Wildman–Crippen LogP) is 0.0117. The van der Waals surface area contributed by atoms with Gasteiger partial charge in [-0.15, -0.1) is 12.4 Å². The lowest BCUT2D eigenvalue weighted by Crippen LogP contribution is -2.11. The maximum absolute atomic E-state index is 5.59. The Labute approximate surface area is 54.8 Å². The van der Waals surface area contributed by atoms with E-state index in [2.05, 4.69) is 0 Å². The van der Waals surface area contributed by atoms with Gasteiger partial charge in [-0.25, -0.2) is 0 Å². The van der Waals surface area contributed by atoms with Crippen LogP contribution in [0.15, 0.2) is 0 Å². The summed E-state index contributed by atoms with van der Waals surface area (Å²) in [4.78, 5) is 0. The molecule has 0 aromatic heterocycles. The lowest BCUT2D eigenvalue weighted by molar-refractivity contribution is 0.160. The molecule has 2 fully saturated rings. The van der Waals surface area contributed by atoms with Crippen LogP contribution >= 0.6 is 12.4 Å². The van der Waals surface area contributed by atoms with E-state index in [1.165, 1.54) is 0 Å². The van der Waals surface area contributed by atoms with Crippen molar-refractivity contribution in [3.63, 3.8) is 0 Å². The Morgan fingerprint density at radius 3 is 2.00 bits per heavy atom. The van der Waals surface area contributed by atoms with E-state index < -0.39 is 0 Å². The third-order valence-electron chi connectivity index (χ3n) is 2.02. The number of nitrogens with two attached hydrogens (primary N) is 1. The van der Waals surface area contributed by atoms with Gasteiger partial charge in [0.25, 0.3) is 0 Å². The summed E-state index contributed by atoms with van der Waals surface area (Å²) < 4.78 is 5.10. The van der Waals surface area contributed by atoms with Crippen LogP contribution in [0.3, 0.4) is 0 Å². The van der Waals surface area contributed by atoms with Crippen molar-refractivity contribution >= 4 is 12.4 Å². The summed E-state index contributed by atoms with van der Waals surface area (Å²) in [5.74, 6) is 1.47. The van der Waals surface area contributed by atoms with Crippen LogP contribution in [-0.4, -0.2) is 19.3 Å². The minimum Gasteiger partial charge on any atom is -0.381 e. The van der Waals surface area contributed by atoms with Gasteiger partial charge in [0.15, 0.2) is 0 Å². The van der Waals surface area contributed by atoms with Gasteiger partial charge in [0, 0.05) is 17.9 Å². The fourth-order valence-electron chi connectivity index (χ4n) is 1.28. The SMILES string of the molecule is Cl.NC1[C@H]2COC[C@@H]12. The number of ether oxygens (including phenoxy) is 1. The maximum Gasteiger partial charge on any atom is 0.0513 e. The molecule has 0 bridgehead atoms. The van der Waals surface area contributed by atoms with Crippen molar-refractivity contribution in [2.75, 3.05) is 13.2 Å². The van der Waals surface area contributed by atoms with E-state index in [0.29, 0.717) is 6.04 Å². The Morgan fingerprint density at radius 2 is 1.75 bits per heavy atom. The van der Waals surface area contributed by atoms with Gasteiger partial charge in [-0.05, 0) is 0 Å². The normalized spacial score (nSPS) is 49.9. The van der Waals surface area contributed by atoms with E-state index in [4.69, 9.17) is 10.5 Å². The summed E-state index contributed by atoms with van der Waals surface area (Å²) in [6.45, 7) is 1.84. The molecule has 2 N–H and O–H groups in total. The number of hydrogen-bond acceptors (Lipinski definition) is 2. The number of halogens is 1. The first-order valence-corrected chi connectivity index (χ1v) is 2.73. The van der Waals surface area contributed by atoms with E-state index in [9.17, 15) is 0 Å². The summed E-state index contributed by atoms with van der Waals surface area (Å²) in [5.41, 5.74) is 5.59. The van der Waals surface area contributed by atoms with E-state index in [-0.39, 0.29) is 12.4 Å². The molecule has 0 radical (unpaired) electrons. The molecule has 3 atom stereocenters. The van der Waals surface area contributed by atoms with E-state index in [1.54, 1.807) is 0 Å². The smallest absolute Gasteiger partial charge is 0.0513 e. The van der Waals surface area contributed by atoms with Crippen molar-refractivity contribution in [1.82, 2.24) is 0 Å². The van der Waals surface area contributed by atoms with Gasteiger partial charge in [-0.2, -0.15) is 0 Å². The summed E-state index contributed by atoms with van der Waals surface area (Å²) in [7, 11) is 0. The second-order valence-corrected chi connectivity index (χ2v) is 2.44. The number of fused-ring (bicyclic) bond motifs is 1. The lowest BCUT2D eigenvalue weighted by Gasteiger charge is -1.93. The van der Waals surface area contributed by atoms with Crippen molar-refractivity contribution in [2.45, 2.75) is 6.04 Å². The highest BCUT2D eigenvalue weighted by Gasteiger charge is 2.51. The molecule has 0 aromatic rings. The zero-order valence-corrected chi connectivity index (χ0v) is 5.36. The van der Waals surface area contributed by atoms with Crippen LogP contribution in [-0.2, 0) is 4.74 Å². The van der Waals surface area contributed by atoms with Crippen molar-refractivity contribution in [2.24, 2.45) is 17.6 Å². The average Bonchev–Trinajstić information content (AvgIpc) is 2.26. The van der Waals surface area contributed by atoms with Gasteiger partial charge >= 0.3 is 0 Å². The summed E-state index contributed by atoms with van der Waals surface area (Å²) >= 11 is 0. The van der Waals surface area contributed by atoms with E-state index in [0.717, 1.165) is 25.0 Å². The zero-order valence-electron chi connectivity index (χ0n) is 4.54. The van der Waals surface area contributed by atoms with Crippen LogP contribution in [0.4, 0.5) is 0 Å². The average molecular weight is 136 g/mol. The highest BCUT2D eigenvalue weighted by molar-refractivity contribution is 5.85. The van der Waals surface area contributed by atoms with E-state index >= 15 is 0 Å². The van der Waals surface area contributed by atoms with Gasteiger partial charge in [0.1, 0.15) is 0 Å². The van der Waals surface area contributed by atoms with Crippen LogP contribution in [0.2, 0.25) is 0 Å². The molecule has 2 nitrogen and oxygen atoms in total. The molecule has 0 amide bonds. The molecule has 3 heteroatoms. The Bertz CT molecular complexity index is 88.4. The minimum atomic E-state index is 0. The minimum absolute atomic E-state index is 0. The highest BCUT2D eigenvalue weighted by Crippen LogP contribution is 2.41. The topological polar surface area (TPSA) is 35.2 Å². The molecule has 1 aliphatic heterocycles. The molecule has 1 saturated carbocycles. The largest absolute Gasteiger partial charge is 0.381 e. The molecule has 2 rings (SSSR count). The summed E-state index contributed by atoms with van der Waals surface area (Å²) in [6, 6.07) is 0.494. The van der Waals surface area contributed by atoms with Crippen molar-refractivity contribution < 1.29 is 4.74 Å². The fraction of sp³-hybridized carbons (Fsp3) is 1.00. The van der Waals surface area contributed by atoms with Crippen LogP contribution in [0.5, 0.6) is 0 Å². The Kier molecular flexibility index (Phi) is 1.48. The van der Waals surface area contributed by atoms with Crippen LogP contribution in [0.1, 0.15) is 0 Å². The number of hydrogen-bond donors (Lipinski definition) is 1. The van der Waals surface area contributed by atoms with Gasteiger partial charge in [0.2, 0.25) is 0 Å². The zero-order chi connectivity index (χ0) is 4.85. The summed E-state index contributed by atoms with van der Waals surface area (Å²) in [6.07, 6.45) is 0. The first kappa shape index (κ1) is 6.33. The quantitative estimate of drug-likeness (QED) is 0.508. The molecular weight excluding hydrogens is 126 g/mol. The monoisotopic (exact) mass is 135 g/mol. The summed E-state index contributed by atoms with van der Waals surface area (Å²) in [5, 5.41) is 0. The molecule has 0 aromatic carbocycles. The second kappa shape index (κ2) is 1.87. The van der Waals surface area contributed by atoms with Crippen LogP contribution in [0, 0.1) is 11.8 Å². The predicted molar refractivity (Wildman–Crippen MR) is 33.0 cm³/mol.